The van der Waals surface area contributed by atoms with Crippen molar-refractivity contribution in [3.05, 3.63) is 0 Å². The summed E-state index contributed by atoms with van der Waals surface area (Å²) in [5.41, 5.74) is 0. The van der Waals surface area contributed by atoms with E-state index in [-0.39, 0.29) is 0 Å². The van der Waals surface area contributed by atoms with Gasteiger partial charge in [-0.15, -0.1) is 0 Å². The lowest BCUT2D eigenvalue weighted by atomic mass is 9.93. The predicted molar refractivity (Wildman–Crippen MR) is 187 cm³/mol. The summed E-state index contributed by atoms with van der Waals surface area (Å²) < 4.78 is 88.4. The summed E-state index contributed by atoms with van der Waals surface area (Å²) >= 11 is 0. The van der Waals surface area contributed by atoms with Gasteiger partial charge in [-0.1, -0.05) is 0 Å². The van der Waals surface area contributed by atoms with Gasteiger partial charge in [-0.05, 0) is 6.92 Å². The SMILES string of the molecule is CC(=O)N[C@H]1[C@H](O[C@@H]2[C@H](O)[C@@H](O)[C@H](O[C@H]3[C@H](O)[C@H](O)C(O)O[C@@H]3CO)O[C@@H]2CO)O[C@H](CO)[C@@H](O[C@@H]2O[C@@H](C)[C@@H](O)[C@@H](O)[C@@H]2O)[C@@H]1O[C@@H]1O[C@H](CO)[C@H](O)[C@H](OS(=O)(=O)O)[C@H]1O. The molecule has 5 heterocycles. The molecule has 0 aromatic heterocycles. The fraction of sp³-hybridized carbons (Fsp3) is 0.969. The van der Waals surface area contributed by atoms with Crippen LogP contribution < -0.4 is 5.32 Å². The van der Waals surface area contributed by atoms with Crippen LogP contribution in [0, 0.1) is 0 Å². The van der Waals surface area contributed by atoms with Gasteiger partial charge < -0.3 is 119 Å². The Morgan fingerprint density at radius 2 is 0.935 bits per heavy atom. The monoisotopic (exact) mass is 933 g/mol. The number of hydrogen-bond donors (Lipinski definition) is 16. The van der Waals surface area contributed by atoms with Gasteiger partial charge in [-0.3, -0.25) is 9.35 Å². The number of amides is 1. The minimum absolute atomic E-state index is 0.888. The maximum absolute atomic E-state index is 12.8. The van der Waals surface area contributed by atoms with Crippen LogP contribution in [0.5, 0.6) is 0 Å². The summed E-state index contributed by atoms with van der Waals surface area (Å²) in [6.45, 7) is -1.83. The van der Waals surface area contributed by atoms with Crippen LogP contribution in [-0.4, -0.2) is 270 Å². The van der Waals surface area contributed by atoms with Gasteiger partial charge in [0.25, 0.3) is 0 Å². The zero-order valence-electron chi connectivity index (χ0n) is 32.7. The third-order valence-corrected chi connectivity index (χ3v) is 11.3. The first-order valence-corrected chi connectivity index (χ1v) is 20.5. The number of nitrogens with one attached hydrogen (secondary N) is 1. The average molecular weight is 934 g/mol. The van der Waals surface area contributed by atoms with Gasteiger partial charge >= 0.3 is 10.4 Å². The van der Waals surface area contributed by atoms with Gasteiger partial charge in [0.15, 0.2) is 31.5 Å². The van der Waals surface area contributed by atoms with E-state index in [4.69, 9.17) is 42.6 Å². The number of aliphatic hydroxyl groups is 14. The highest BCUT2D eigenvalue weighted by molar-refractivity contribution is 7.80. The fourth-order valence-electron chi connectivity index (χ4n) is 7.61. The standard InChI is InChI=1S/C32H55NO28S/c1-7-14(39)16(41)20(45)30(52-7)59-25-12(6-37)55-29(13(33-8(2)38)26(25)60-32-22(47)27(61-62(49,50)51)15(40)9(3-34)54-32)57-24-11(5-36)56-31(21(46)18(24)43)58-23-10(4-35)53-28(48)19(44)17(23)42/h7,9-32,34-37,39-48H,3-6H2,1-2H3,(H,33,38)(H,49,50,51)/t7-,9+,10+,11+,12+,13+,14+,15-,16+,17+,18+,19-,20-,21+,22+,23+,24-,25+,26+,27-,28?,29-,30-,31-,32-/m0/s1. The topological polar surface area (TPSA) is 459 Å². The molecule has 5 rings (SSSR count). The van der Waals surface area contributed by atoms with Gasteiger partial charge in [-0.2, -0.15) is 8.42 Å². The smallest absolute Gasteiger partial charge is 0.394 e. The largest absolute Gasteiger partial charge is 0.397 e. The molecule has 5 aliphatic heterocycles. The Bertz CT molecular complexity index is 1550. The molecule has 16 N–H and O–H groups in total. The van der Waals surface area contributed by atoms with E-state index in [0.717, 1.165) is 6.92 Å². The van der Waals surface area contributed by atoms with Crippen LogP contribution in [0.25, 0.3) is 0 Å². The number of hydrogen-bond acceptors (Lipinski definition) is 27. The number of rotatable bonds is 15. The van der Waals surface area contributed by atoms with Crippen molar-refractivity contribution < 1.29 is 136 Å². The maximum Gasteiger partial charge on any atom is 0.397 e. The van der Waals surface area contributed by atoms with Crippen molar-refractivity contribution in [1.29, 1.82) is 0 Å². The molecule has 0 aromatic rings. The molecule has 5 fully saturated rings. The highest BCUT2D eigenvalue weighted by Gasteiger charge is 2.58. The molecule has 0 aromatic carbocycles. The Labute approximate surface area is 351 Å². The van der Waals surface area contributed by atoms with Crippen molar-refractivity contribution in [2.75, 3.05) is 26.4 Å². The predicted octanol–water partition coefficient (Wildman–Crippen LogP) is -10.9. The Kier molecular flexibility index (Phi) is 17.7. The summed E-state index contributed by atoms with van der Waals surface area (Å²) in [6, 6.07) is -1.85. The molecule has 30 heteroatoms. The molecule has 0 radical (unpaired) electrons. The van der Waals surface area contributed by atoms with Crippen LogP contribution in [0.1, 0.15) is 13.8 Å². The summed E-state index contributed by atoms with van der Waals surface area (Å²) in [7, 11) is -5.43. The van der Waals surface area contributed by atoms with Crippen LogP contribution >= 0.6 is 0 Å². The Hall–Kier alpha value is -1.58. The van der Waals surface area contributed by atoms with Crippen LogP contribution in [-0.2, 0) is 62.0 Å². The summed E-state index contributed by atoms with van der Waals surface area (Å²) in [6.07, 6.45) is -46.2. The molecule has 1 amide bonds. The van der Waals surface area contributed by atoms with Crippen LogP contribution in [0.2, 0.25) is 0 Å². The van der Waals surface area contributed by atoms with E-state index < -0.39 is 196 Å². The van der Waals surface area contributed by atoms with E-state index in [1.54, 1.807) is 0 Å². The minimum Gasteiger partial charge on any atom is -0.394 e. The fourth-order valence-corrected chi connectivity index (χ4v) is 8.12. The molecule has 25 atom stereocenters. The quantitative estimate of drug-likeness (QED) is 0.0678. The van der Waals surface area contributed by atoms with Crippen molar-refractivity contribution in [2.24, 2.45) is 0 Å². The highest BCUT2D eigenvalue weighted by Crippen LogP contribution is 2.37. The van der Waals surface area contributed by atoms with Crippen LogP contribution in [0.4, 0.5) is 0 Å². The first-order chi connectivity index (χ1) is 29.1. The third-order valence-electron chi connectivity index (χ3n) is 10.9. The van der Waals surface area contributed by atoms with Crippen LogP contribution in [0.15, 0.2) is 0 Å². The molecule has 1 unspecified atom stereocenters. The second-order valence-electron chi connectivity index (χ2n) is 15.2. The number of ether oxygens (including phenoxy) is 9. The molecule has 29 nitrogen and oxygen atoms in total. The normalized spacial score (nSPS) is 49.3. The van der Waals surface area contributed by atoms with E-state index in [2.05, 4.69) is 9.50 Å². The Morgan fingerprint density at radius 1 is 0.500 bits per heavy atom. The molecule has 62 heavy (non-hydrogen) atoms. The Balaban J connectivity index is 1.49. The van der Waals surface area contributed by atoms with Gasteiger partial charge in [0.1, 0.15) is 116 Å². The van der Waals surface area contributed by atoms with Gasteiger partial charge in [0.05, 0.1) is 32.5 Å². The van der Waals surface area contributed by atoms with E-state index in [9.17, 15) is 89.3 Å². The third kappa shape index (κ3) is 11.2. The molecule has 362 valence electrons. The second-order valence-corrected chi connectivity index (χ2v) is 16.2. The molecular formula is C32H55NO28S. The lowest BCUT2D eigenvalue weighted by Gasteiger charge is -2.51. The summed E-state index contributed by atoms with van der Waals surface area (Å²) in [5, 5.41) is 149. The van der Waals surface area contributed by atoms with E-state index >= 15 is 0 Å². The average Bonchev–Trinajstić information content (AvgIpc) is 3.22. The number of aliphatic hydroxyl groups excluding tert-OH is 14. The van der Waals surface area contributed by atoms with Gasteiger partial charge in [0, 0.05) is 6.92 Å². The van der Waals surface area contributed by atoms with Crippen LogP contribution in [0.3, 0.4) is 0 Å². The number of carbonyl (C=O) groups is 1. The van der Waals surface area contributed by atoms with Crippen molar-refractivity contribution in [3.63, 3.8) is 0 Å². The minimum atomic E-state index is -5.43. The summed E-state index contributed by atoms with van der Waals surface area (Å²) in [5.74, 6) is -0.906. The second kappa shape index (κ2) is 21.4. The molecule has 5 aliphatic rings. The highest BCUT2D eigenvalue weighted by atomic mass is 32.3. The molecule has 0 aliphatic carbocycles. The lowest BCUT2D eigenvalue weighted by molar-refractivity contribution is -0.390. The van der Waals surface area contributed by atoms with Gasteiger partial charge in [0.2, 0.25) is 5.91 Å². The van der Waals surface area contributed by atoms with E-state index in [0.29, 0.717) is 0 Å². The van der Waals surface area contributed by atoms with Crippen molar-refractivity contribution >= 4 is 16.3 Å². The van der Waals surface area contributed by atoms with Crippen molar-refractivity contribution in [3.8, 4) is 0 Å². The molecular weight excluding hydrogens is 878 g/mol. The molecule has 0 bridgehead atoms. The zero-order valence-corrected chi connectivity index (χ0v) is 33.5. The zero-order chi connectivity index (χ0) is 46.1. The summed E-state index contributed by atoms with van der Waals surface area (Å²) in [4.78, 5) is 12.8. The molecule has 0 spiro atoms. The molecule has 0 saturated carbocycles. The maximum atomic E-state index is 12.8. The molecule has 5 saturated heterocycles. The van der Waals surface area contributed by atoms with E-state index in [1.165, 1.54) is 6.92 Å². The first kappa shape index (κ1) is 51.4. The number of carbonyl (C=O) groups excluding carboxylic acids is 1. The van der Waals surface area contributed by atoms with Crippen molar-refractivity contribution in [2.45, 2.75) is 167 Å². The Morgan fingerprint density at radius 3 is 1.50 bits per heavy atom. The first-order valence-electron chi connectivity index (χ1n) is 19.1. The van der Waals surface area contributed by atoms with Gasteiger partial charge in [-0.25, -0.2) is 4.18 Å². The lowest BCUT2D eigenvalue weighted by Crippen LogP contribution is -2.71. The van der Waals surface area contributed by atoms with Crippen molar-refractivity contribution in [1.82, 2.24) is 5.32 Å². The van der Waals surface area contributed by atoms with E-state index in [1.807, 2.05) is 0 Å².